The van der Waals surface area contributed by atoms with Crippen LogP contribution in [0, 0.1) is 29.1 Å². The van der Waals surface area contributed by atoms with Crippen LogP contribution in [0.2, 0.25) is 0 Å². The van der Waals surface area contributed by atoms with Gasteiger partial charge in [-0.15, -0.1) is 6.42 Å². The molecule has 0 aromatic carbocycles. The van der Waals surface area contributed by atoms with Crippen LogP contribution in [-0.4, -0.2) is 36.7 Å². The second-order valence-electron chi connectivity index (χ2n) is 6.89. The highest BCUT2D eigenvalue weighted by molar-refractivity contribution is 6.04. The summed E-state index contributed by atoms with van der Waals surface area (Å²) in [5.41, 5.74) is -3.64. The fourth-order valence-electron chi connectivity index (χ4n) is 3.13. The Morgan fingerprint density at radius 2 is 1.58 bits per heavy atom. The van der Waals surface area contributed by atoms with Crippen molar-refractivity contribution in [2.75, 3.05) is 13.2 Å². The smallest absolute Gasteiger partial charge is 0.323 e. The van der Waals surface area contributed by atoms with Crippen LogP contribution >= 0.6 is 0 Å². The average Bonchev–Trinajstić information content (AvgIpc) is 3.21. The Hall–Kier alpha value is -2.03. The highest BCUT2D eigenvalue weighted by Gasteiger charge is 2.77. The lowest BCUT2D eigenvalue weighted by Crippen LogP contribution is -2.51. The van der Waals surface area contributed by atoms with Crippen molar-refractivity contribution in [3.05, 3.63) is 0 Å². The Morgan fingerprint density at radius 3 is 1.88 bits per heavy atom. The maximum absolute atomic E-state index is 12.5. The number of rotatable bonds is 6. The number of hydrogen-bond donors (Lipinski definition) is 0. The lowest BCUT2D eigenvalue weighted by molar-refractivity contribution is -0.176. The lowest BCUT2D eigenvalue weighted by atomic mass is 9.71. The molecule has 0 spiro atoms. The van der Waals surface area contributed by atoms with Crippen LogP contribution in [0.1, 0.15) is 48.0 Å². The summed E-state index contributed by atoms with van der Waals surface area (Å²) in [5.74, 6) is -0.112. The molecule has 0 bridgehead atoms. The van der Waals surface area contributed by atoms with E-state index in [0.29, 0.717) is 0 Å². The Kier molecular flexibility index (Phi) is 5.70. The topological polar surface area (TPSA) is 78.9 Å². The lowest BCUT2D eigenvalue weighted by Gasteiger charge is -2.41. The van der Waals surface area contributed by atoms with Gasteiger partial charge in [0.05, 0.1) is 13.2 Å². The van der Waals surface area contributed by atoms with Crippen LogP contribution in [0.5, 0.6) is 0 Å². The summed E-state index contributed by atoms with van der Waals surface area (Å²) >= 11 is 0. The highest BCUT2D eigenvalue weighted by atomic mass is 16.6. The molecule has 2 unspecified atom stereocenters. The van der Waals surface area contributed by atoms with Crippen LogP contribution in [-0.2, 0) is 28.6 Å². The molecule has 0 aromatic heterocycles. The van der Waals surface area contributed by atoms with Crippen LogP contribution in [0.4, 0.5) is 0 Å². The summed E-state index contributed by atoms with van der Waals surface area (Å²) in [7, 11) is 0. The summed E-state index contributed by atoms with van der Waals surface area (Å²) in [6.45, 7) is 10.2. The zero-order valence-electron chi connectivity index (χ0n) is 15.2. The molecule has 1 rings (SSSR count). The molecule has 6 heteroatoms. The van der Waals surface area contributed by atoms with E-state index in [1.807, 2.05) is 0 Å². The first-order valence-corrected chi connectivity index (χ1v) is 8.05. The van der Waals surface area contributed by atoms with Gasteiger partial charge in [0.25, 0.3) is 0 Å². The first kappa shape index (κ1) is 20.0. The van der Waals surface area contributed by atoms with Gasteiger partial charge in [0.2, 0.25) is 0 Å². The van der Waals surface area contributed by atoms with Crippen LogP contribution in [0.3, 0.4) is 0 Å². The molecule has 0 heterocycles. The number of carbonyl (C=O) groups excluding carboxylic acids is 3. The van der Waals surface area contributed by atoms with Crippen molar-refractivity contribution in [2.45, 2.75) is 53.6 Å². The van der Waals surface area contributed by atoms with Gasteiger partial charge in [-0.25, -0.2) is 0 Å². The number of hydrogen-bond acceptors (Lipinski definition) is 6. The largest absolute Gasteiger partial charge is 0.465 e. The van der Waals surface area contributed by atoms with E-state index in [9.17, 15) is 14.4 Å². The highest BCUT2D eigenvalue weighted by Crippen LogP contribution is 2.64. The van der Waals surface area contributed by atoms with Crippen molar-refractivity contribution in [3.63, 3.8) is 0 Å². The molecule has 0 N–H and O–H groups in total. The molecule has 134 valence electrons. The SMILES string of the molecule is C#CC(OC(C)=O)(C1CC1(C(=O)OCC)C(=O)OCC)C(C)(C)C. The minimum Gasteiger partial charge on any atom is -0.465 e. The van der Waals surface area contributed by atoms with Gasteiger partial charge in [-0.3, -0.25) is 14.4 Å². The molecule has 2 atom stereocenters. The maximum Gasteiger partial charge on any atom is 0.323 e. The Morgan fingerprint density at radius 1 is 1.12 bits per heavy atom. The zero-order valence-corrected chi connectivity index (χ0v) is 15.2. The van der Waals surface area contributed by atoms with Gasteiger partial charge in [0.15, 0.2) is 11.0 Å². The van der Waals surface area contributed by atoms with E-state index in [-0.39, 0.29) is 19.6 Å². The third-order valence-electron chi connectivity index (χ3n) is 4.36. The fraction of sp³-hybridized carbons (Fsp3) is 0.722. The molecule has 1 aliphatic carbocycles. The van der Waals surface area contributed by atoms with E-state index < -0.39 is 40.3 Å². The van der Waals surface area contributed by atoms with Crippen LogP contribution < -0.4 is 0 Å². The molecule has 1 saturated carbocycles. The predicted molar refractivity (Wildman–Crippen MR) is 86.6 cm³/mol. The summed E-state index contributed by atoms with van der Waals surface area (Å²) in [5, 5.41) is 0. The van der Waals surface area contributed by atoms with E-state index in [4.69, 9.17) is 20.6 Å². The van der Waals surface area contributed by atoms with Crippen LogP contribution in [0.15, 0.2) is 0 Å². The van der Waals surface area contributed by atoms with Gasteiger partial charge < -0.3 is 14.2 Å². The van der Waals surface area contributed by atoms with Crippen molar-refractivity contribution >= 4 is 17.9 Å². The van der Waals surface area contributed by atoms with Gasteiger partial charge >= 0.3 is 17.9 Å². The Balaban J connectivity index is 3.39. The summed E-state index contributed by atoms with van der Waals surface area (Å²) in [6.07, 6.45) is 5.85. The van der Waals surface area contributed by atoms with Crippen molar-refractivity contribution in [1.29, 1.82) is 0 Å². The van der Waals surface area contributed by atoms with E-state index in [2.05, 4.69) is 5.92 Å². The molecule has 24 heavy (non-hydrogen) atoms. The van der Waals surface area contributed by atoms with Gasteiger partial charge in [0.1, 0.15) is 0 Å². The molecule has 0 saturated heterocycles. The molecule has 0 radical (unpaired) electrons. The van der Waals surface area contributed by atoms with E-state index in [0.717, 1.165) is 0 Å². The van der Waals surface area contributed by atoms with Gasteiger partial charge in [0, 0.05) is 18.3 Å². The number of esters is 3. The average molecular weight is 338 g/mol. The second-order valence-corrected chi connectivity index (χ2v) is 6.89. The molecule has 6 nitrogen and oxygen atoms in total. The van der Waals surface area contributed by atoms with Crippen LogP contribution in [0.25, 0.3) is 0 Å². The van der Waals surface area contributed by atoms with E-state index in [1.54, 1.807) is 34.6 Å². The Bertz CT molecular complexity index is 547. The second kappa shape index (κ2) is 6.84. The molecule has 1 fully saturated rings. The number of terminal acetylenes is 1. The summed E-state index contributed by atoms with van der Waals surface area (Å²) in [4.78, 5) is 36.6. The summed E-state index contributed by atoms with van der Waals surface area (Å²) in [6, 6.07) is 0. The van der Waals surface area contributed by atoms with Gasteiger partial charge in [-0.1, -0.05) is 26.7 Å². The van der Waals surface area contributed by atoms with E-state index in [1.165, 1.54) is 6.92 Å². The Labute approximate surface area is 143 Å². The molecular weight excluding hydrogens is 312 g/mol. The van der Waals surface area contributed by atoms with Gasteiger partial charge in [-0.05, 0) is 20.3 Å². The monoisotopic (exact) mass is 338 g/mol. The molecule has 0 aliphatic heterocycles. The third kappa shape index (κ3) is 3.12. The fourth-order valence-corrected chi connectivity index (χ4v) is 3.13. The molecule has 1 aliphatic rings. The summed E-state index contributed by atoms with van der Waals surface area (Å²) < 4.78 is 15.6. The minimum absolute atomic E-state index is 0.124. The normalized spacial score (nSPS) is 21.0. The molecule has 0 amide bonds. The first-order valence-electron chi connectivity index (χ1n) is 8.05. The van der Waals surface area contributed by atoms with Crippen molar-refractivity contribution in [2.24, 2.45) is 16.7 Å². The maximum atomic E-state index is 12.5. The van der Waals surface area contributed by atoms with E-state index >= 15 is 0 Å². The third-order valence-corrected chi connectivity index (χ3v) is 4.36. The predicted octanol–water partition coefficient (Wildman–Crippen LogP) is 2.10. The molecule has 0 aromatic rings. The number of carbonyl (C=O) groups is 3. The minimum atomic E-state index is -1.53. The van der Waals surface area contributed by atoms with Crippen molar-refractivity contribution < 1.29 is 28.6 Å². The molecular formula is C18H26O6. The first-order chi connectivity index (χ1) is 11.0. The number of ether oxygens (including phenoxy) is 3. The van der Waals surface area contributed by atoms with Crippen molar-refractivity contribution in [3.8, 4) is 12.3 Å². The quantitative estimate of drug-likeness (QED) is 0.319. The standard InChI is InChI=1S/C18H26O6/c1-8-18(16(5,6)7,24-12(4)19)13-11-17(13,14(20)22-9-2)15(21)23-10-3/h1,13H,9-11H2,2-7H3. The zero-order chi connectivity index (χ0) is 18.8. The van der Waals surface area contributed by atoms with Gasteiger partial charge in [-0.2, -0.15) is 0 Å². The van der Waals surface area contributed by atoms with Crippen molar-refractivity contribution in [1.82, 2.24) is 0 Å².